The minimum atomic E-state index is -0.0292. The maximum atomic E-state index is 12.1. The van der Waals surface area contributed by atoms with Crippen LogP contribution in [0.5, 0.6) is 5.75 Å². The van der Waals surface area contributed by atoms with Gasteiger partial charge in [0.25, 0.3) is 0 Å². The molecule has 1 aliphatic rings. The van der Waals surface area contributed by atoms with Gasteiger partial charge in [-0.1, -0.05) is 48.9 Å². The van der Waals surface area contributed by atoms with Gasteiger partial charge in [-0.15, -0.1) is 12.4 Å². The van der Waals surface area contributed by atoms with Crippen molar-refractivity contribution >= 4 is 18.3 Å². The first-order chi connectivity index (χ1) is 11.7. The molecule has 1 amide bonds. The third kappa shape index (κ3) is 5.48. The normalized spacial score (nSPS) is 19.1. The molecule has 3 rings (SSSR count). The monoisotopic (exact) mass is 360 g/mol. The SMILES string of the molecule is Cl.NC1CCCC1C(=O)NCc1ccc(OCc2ccccc2)cc1. The maximum Gasteiger partial charge on any atom is 0.224 e. The molecular weight excluding hydrogens is 336 g/mol. The van der Waals surface area contributed by atoms with Gasteiger partial charge >= 0.3 is 0 Å². The van der Waals surface area contributed by atoms with Gasteiger partial charge in [-0.2, -0.15) is 0 Å². The van der Waals surface area contributed by atoms with Crippen molar-refractivity contribution in [1.82, 2.24) is 5.32 Å². The molecule has 2 atom stereocenters. The zero-order valence-electron chi connectivity index (χ0n) is 14.2. The molecule has 2 aromatic rings. The van der Waals surface area contributed by atoms with E-state index in [9.17, 15) is 4.79 Å². The molecule has 1 aliphatic carbocycles. The van der Waals surface area contributed by atoms with Crippen LogP contribution in [-0.4, -0.2) is 11.9 Å². The van der Waals surface area contributed by atoms with Crippen LogP contribution in [0.3, 0.4) is 0 Å². The van der Waals surface area contributed by atoms with Gasteiger partial charge in [-0.25, -0.2) is 0 Å². The van der Waals surface area contributed by atoms with E-state index >= 15 is 0 Å². The fraction of sp³-hybridized carbons (Fsp3) is 0.350. The van der Waals surface area contributed by atoms with Gasteiger partial charge in [0.1, 0.15) is 12.4 Å². The number of carbonyl (C=O) groups excluding carboxylic acids is 1. The molecule has 2 aromatic carbocycles. The molecule has 3 N–H and O–H groups in total. The van der Waals surface area contributed by atoms with Crippen LogP contribution in [0.15, 0.2) is 54.6 Å². The van der Waals surface area contributed by atoms with Crippen LogP contribution in [0.2, 0.25) is 0 Å². The molecule has 5 heteroatoms. The molecule has 25 heavy (non-hydrogen) atoms. The van der Waals surface area contributed by atoms with Crippen LogP contribution in [0.25, 0.3) is 0 Å². The van der Waals surface area contributed by atoms with Crippen molar-refractivity contribution in [3.05, 3.63) is 65.7 Å². The van der Waals surface area contributed by atoms with E-state index in [1.807, 2.05) is 54.6 Å². The lowest BCUT2D eigenvalue weighted by Gasteiger charge is -2.15. The Labute approximate surface area is 155 Å². The number of nitrogens with one attached hydrogen (secondary N) is 1. The van der Waals surface area contributed by atoms with Crippen molar-refractivity contribution < 1.29 is 9.53 Å². The summed E-state index contributed by atoms with van der Waals surface area (Å²) in [6.07, 6.45) is 2.90. The lowest BCUT2D eigenvalue weighted by molar-refractivity contribution is -0.125. The highest BCUT2D eigenvalue weighted by molar-refractivity contribution is 5.85. The Hall–Kier alpha value is -2.04. The van der Waals surface area contributed by atoms with Crippen LogP contribution in [-0.2, 0) is 17.9 Å². The molecular formula is C20H25ClN2O2. The summed E-state index contributed by atoms with van der Waals surface area (Å²) in [5.74, 6) is 0.870. The number of ether oxygens (including phenoxy) is 1. The predicted octanol–water partition coefficient (Wildman–Crippen LogP) is 3.43. The maximum absolute atomic E-state index is 12.1. The summed E-state index contributed by atoms with van der Waals surface area (Å²) in [4.78, 5) is 12.1. The topological polar surface area (TPSA) is 64.4 Å². The summed E-state index contributed by atoms with van der Waals surface area (Å²) in [6, 6.07) is 17.9. The number of hydrogen-bond donors (Lipinski definition) is 2. The first-order valence-corrected chi connectivity index (χ1v) is 8.51. The number of rotatable bonds is 6. The van der Waals surface area contributed by atoms with Crippen LogP contribution in [0, 0.1) is 5.92 Å². The average Bonchev–Trinajstić information content (AvgIpc) is 3.06. The number of hydrogen-bond acceptors (Lipinski definition) is 3. The average molecular weight is 361 g/mol. The van der Waals surface area contributed by atoms with Crippen LogP contribution >= 0.6 is 12.4 Å². The largest absolute Gasteiger partial charge is 0.489 e. The Kier molecular flexibility index (Phi) is 7.29. The molecule has 0 aliphatic heterocycles. The van der Waals surface area contributed by atoms with E-state index in [-0.39, 0.29) is 30.3 Å². The van der Waals surface area contributed by atoms with Crippen molar-refractivity contribution in [2.75, 3.05) is 0 Å². The highest BCUT2D eigenvalue weighted by atomic mass is 35.5. The standard InChI is InChI=1S/C20H24N2O2.ClH/c21-19-8-4-7-18(19)20(23)22-13-15-9-11-17(12-10-15)24-14-16-5-2-1-3-6-16;/h1-3,5-6,9-12,18-19H,4,7-8,13-14,21H2,(H,22,23);1H. The predicted molar refractivity (Wildman–Crippen MR) is 102 cm³/mol. The van der Waals surface area contributed by atoms with Crippen molar-refractivity contribution in [3.8, 4) is 5.75 Å². The molecule has 0 heterocycles. The zero-order valence-corrected chi connectivity index (χ0v) is 15.0. The third-order valence-corrected chi connectivity index (χ3v) is 4.54. The minimum absolute atomic E-state index is 0. The first kappa shape index (κ1) is 19.3. The van der Waals surface area contributed by atoms with E-state index in [0.29, 0.717) is 13.2 Å². The Morgan fingerprint density at radius 3 is 2.40 bits per heavy atom. The molecule has 4 nitrogen and oxygen atoms in total. The zero-order chi connectivity index (χ0) is 16.8. The number of nitrogens with two attached hydrogens (primary N) is 1. The van der Waals surface area contributed by atoms with Crippen molar-refractivity contribution in [1.29, 1.82) is 0 Å². The van der Waals surface area contributed by atoms with Gasteiger partial charge in [-0.3, -0.25) is 4.79 Å². The molecule has 0 bridgehead atoms. The molecule has 134 valence electrons. The Bertz CT molecular complexity index is 661. The van der Waals surface area contributed by atoms with E-state index in [0.717, 1.165) is 36.1 Å². The molecule has 0 aromatic heterocycles. The first-order valence-electron chi connectivity index (χ1n) is 8.51. The number of amides is 1. The Morgan fingerprint density at radius 2 is 1.76 bits per heavy atom. The van der Waals surface area contributed by atoms with Gasteiger partial charge in [0.15, 0.2) is 0 Å². The van der Waals surface area contributed by atoms with E-state index in [1.54, 1.807) is 0 Å². The van der Waals surface area contributed by atoms with Crippen molar-refractivity contribution in [2.45, 2.75) is 38.5 Å². The van der Waals surface area contributed by atoms with E-state index in [2.05, 4.69) is 5.32 Å². The second kappa shape index (κ2) is 9.44. The fourth-order valence-electron chi connectivity index (χ4n) is 3.08. The highest BCUT2D eigenvalue weighted by Gasteiger charge is 2.29. The summed E-state index contributed by atoms with van der Waals surface area (Å²) in [6.45, 7) is 1.08. The lowest BCUT2D eigenvalue weighted by atomic mass is 10.0. The quantitative estimate of drug-likeness (QED) is 0.829. The Balaban J connectivity index is 0.00000225. The van der Waals surface area contributed by atoms with E-state index in [1.165, 1.54) is 0 Å². The van der Waals surface area contributed by atoms with Crippen LogP contribution < -0.4 is 15.8 Å². The van der Waals surface area contributed by atoms with E-state index < -0.39 is 0 Å². The molecule has 1 saturated carbocycles. The summed E-state index contributed by atoms with van der Waals surface area (Å²) in [5.41, 5.74) is 8.17. The molecule has 0 radical (unpaired) electrons. The molecule has 0 spiro atoms. The second-order valence-electron chi connectivity index (χ2n) is 6.34. The summed E-state index contributed by atoms with van der Waals surface area (Å²) in [5, 5.41) is 2.99. The smallest absolute Gasteiger partial charge is 0.224 e. The van der Waals surface area contributed by atoms with Gasteiger partial charge in [-0.05, 0) is 36.1 Å². The van der Waals surface area contributed by atoms with Crippen molar-refractivity contribution in [2.24, 2.45) is 11.7 Å². The summed E-state index contributed by atoms with van der Waals surface area (Å²) >= 11 is 0. The molecule has 0 saturated heterocycles. The summed E-state index contributed by atoms with van der Waals surface area (Å²) < 4.78 is 5.76. The molecule has 1 fully saturated rings. The Morgan fingerprint density at radius 1 is 1.04 bits per heavy atom. The number of carbonyl (C=O) groups is 1. The highest BCUT2D eigenvalue weighted by Crippen LogP contribution is 2.24. The lowest BCUT2D eigenvalue weighted by Crippen LogP contribution is -2.38. The van der Waals surface area contributed by atoms with Gasteiger partial charge < -0.3 is 15.8 Å². The van der Waals surface area contributed by atoms with Crippen LogP contribution in [0.4, 0.5) is 0 Å². The molecule has 2 unspecified atom stereocenters. The number of halogens is 1. The van der Waals surface area contributed by atoms with Gasteiger partial charge in [0.05, 0.1) is 5.92 Å². The summed E-state index contributed by atoms with van der Waals surface area (Å²) in [7, 11) is 0. The van der Waals surface area contributed by atoms with Crippen LogP contribution in [0.1, 0.15) is 30.4 Å². The van der Waals surface area contributed by atoms with E-state index in [4.69, 9.17) is 10.5 Å². The third-order valence-electron chi connectivity index (χ3n) is 4.54. The van der Waals surface area contributed by atoms with Crippen molar-refractivity contribution in [3.63, 3.8) is 0 Å². The second-order valence-corrected chi connectivity index (χ2v) is 6.34. The van der Waals surface area contributed by atoms with Gasteiger partial charge in [0, 0.05) is 12.6 Å². The van der Waals surface area contributed by atoms with Gasteiger partial charge in [0.2, 0.25) is 5.91 Å². The number of benzene rings is 2. The fourth-order valence-corrected chi connectivity index (χ4v) is 3.08. The minimum Gasteiger partial charge on any atom is -0.489 e.